The van der Waals surface area contributed by atoms with E-state index in [-0.39, 0.29) is 5.92 Å². The number of carbonyl (C=O) groups is 2. The molecule has 2 atom stereocenters. The Bertz CT molecular complexity index is 204. The normalized spacial score (nSPS) is 21.6. The predicted molar refractivity (Wildman–Crippen MR) is 61.6 cm³/mol. The summed E-state index contributed by atoms with van der Waals surface area (Å²) in [4.78, 5) is 22.6. The Hall–Kier alpha value is -0.860. The average molecular weight is 213 g/mol. The van der Waals surface area contributed by atoms with Crippen molar-refractivity contribution in [2.45, 2.75) is 53.0 Å². The minimum Gasteiger partial charge on any atom is -0.340 e. The van der Waals surface area contributed by atoms with Gasteiger partial charge in [0, 0.05) is 18.5 Å². The van der Waals surface area contributed by atoms with Gasteiger partial charge in [-0.15, -0.1) is 0 Å². The Kier molecular flexibility index (Phi) is 7.01. The molecule has 1 aliphatic heterocycles. The van der Waals surface area contributed by atoms with Crippen molar-refractivity contribution in [2.75, 3.05) is 6.54 Å². The van der Waals surface area contributed by atoms with Crippen LogP contribution in [-0.2, 0) is 9.59 Å². The van der Waals surface area contributed by atoms with Gasteiger partial charge in [-0.25, -0.2) is 0 Å². The summed E-state index contributed by atoms with van der Waals surface area (Å²) in [5, 5.41) is 0. The molecule has 88 valence electrons. The summed E-state index contributed by atoms with van der Waals surface area (Å²) in [6.07, 6.45) is 4.08. The first-order valence-corrected chi connectivity index (χ1v) is 5.78. The van der Waals surface area contributed by atoms with Crippen LogP contribution in [0.4, 0.5) is 0 Å². The van der Waals surface area contributed by atoms with Gasteiger partial charge in [-0.05, 0) is 33.1 Å². The largest absolute Gasteiger partial charge is 0.340 e. The van der Waals surface area contributed by atoms with E-state index in [0.29, 0.717) is 11.9 Å². The van der Waals surface area contributed by atoms with E-state index >= 15 is 0 Å². The van der Waals surface area contributed by atoms with Crippen LogP contribution in [0, 0.1) is 5.92 Å². The molecule has 3 nitrogen and oxygen atoms in total. The van der Waals surface area contributed by atoms with Gasteiger partial charge < -0.3 is 9.69 Å². The lowest BCUT2D eigenvalue weighted by atomic mass is 10.1. The summed E-state index contributed by atoms with van der Waals surface area (Å²) >= 11 is 0. The zero-order valence-electron chi connectivity index (χ0n) is 10.3. The Balaban J connectivity index is 0.000000583. The molecule has 1 fully saturated rings. The number of amides is 1. The van der Waals surface area contributed by atoms with E-state index < -0.39 is 0 Å². The summed E-state index contributed by atoms with van der Waals surface area (Å²) in [5.74, 6) is 0.563. The first kappa shape index (κ1) is 14.1. The highest BCUT2D eigenvalue weighted by Crippen LogP contribution is 2.19. The number of rotatable bonds is 2. The van der Waals surface area contributed by atoms with Gasteiger partial charge in [-0.1, -0.05) is 13.8 Å². The fourth-order valence-corrected chi connectivity index (χ4v) is 1.72. The minimum absolute atomic E-state index is 0.213. The standard InChI is InChI=1S/C10H19NO.C2H4O/c1-4-8(2)10(12)11-7-5-6-9(11)3;1-2-3/h8-9H,4-7H2,1-3H3;2H,1H3/t8?,9-;/m1./s1. The van der Waals surface area contributed by atoms with Crippen molar-refractivity contribution in [3.8, 4) is 0 Å². The van der Waals surface area contributed by atoms with Gasteiger partial charge in [-0.3, -0.25) is 4.79 Å². The van der Waals surface area contributed by atoms with E-state index in [9.17, 15) is 4.79 Å². The van der Waals surface area contributed by atoms with Crippen molar-refractivity contribution in [3.63, 3.8) is 0 Å². The number of nitrogens with zero attached hydrogens (tertiary/aromatic N) is 1. The maximum absolute atomic E-state index is 11.7. The van der Waals surface area contributed by atoms with Crippen LogP contribution in [0.3, 0.4) is 0 Å². The van der Waals surface area contributed by atoms with Crippen LogP contribution < -0.4 is 0 Å². The van der Waals surface area contributed by atoms with Crippen LogP contribution in [0.15, 0.2) is 0 Å². The third-order valence-corrected chi connectivity index (χ3v) is 2.87. The molecule has 0 aromatic carbocycles. The van der Waals surface area contributed by atoms with Gasteiger partial charge in [0.1, 0.15) is 6.29 Å². The van der Waals surface area contributed by atoms with Gasteiger partial charge in [-0.2, -0.15) is 0 Å². The van der Waals surface area contributed by atoms with E-state index in [1.807, 2.05) is 11.8 Å². The fourth-order valence-electron chi connectivity index (χ4n) is 1.72. The Morgan fingerprint density at radius 3 is 2.47 bits per heavy atom. The molecule has 1 saturated heterocycles. The molecule has 0 radical (unpaired) electrons. The van der Waals surface area contributed by atoms with Gasteiger partial charge in [0.05, 0.1) is 0 Å². The van der Waals surface area contributed by atoms with E-state index in [2.05, 4.69) is 13.8 Å². The maximum Gasteiger partial charge on any atom is 0.225 e. The number of likely N-dealkylation sites (tertiary alicyclic amines) is 1. The lowest BCUT2D eigenvalue weighted by Gasteiger charge is -2.24. The first-order chi connectivity index (χ1) is 7.08. The topological polar surface area (TPSA) is 37.4 Å². The molecular weight excluding hydrogens is 190 g/mol. The monoisotopic (exact) mass is 213 g/mol. The molecule has 1 heterocycles. The average Bonchev–Trinajstić information content (AvgIpc) is 2.63. The molecule has 1 rings (SSSR count). The zero-order valence-corrected chi connectivity index (χ0v) is 10.3. The third-order valence-electron chi connectivity index (χ3n) is 2.87. The van der Waals surface area contributed by atoms with Crippen LogP contribution in [0.25, 0.3) is 0 Å². The smallest absolute Gasteiger partial charge is 0.225 e. The Morgan fingerprint density at radius 2 is 2.13 bits per heavy atom. The molecule has 0 aromatic heterocycles. The molecular formula is C12H23NO2. The summed E-state index contributed by atoms with van der Waals surface area (Å²) in [6.45, 7) is 8.66. The van der Waals surface area contributed by atoms with Gasteiger partial charge in [0.25, 0.3) is 0 Å². The Morgan fingerprint density at radius 1 is 1.60 bits per heavy atom. The summed E-state index contributed by atoms with van der Waals surface area (Å²) in [5.41, 5.74) is 0. The highest BCUT2D eigenvalue weighted by atomic mass is 16.2. The summed E-state index contributed by atoms with van der Waals surface area (Å²) in [7, 11) is 0. The molecule has 15 heavy (non-hydrogen) atoms. The minimum atomic E-state index is 0.213. The highest BCUT2D eigenvalue weighted by Gasteiger charge is 2.27. The zero-order chi connectivity index (χ0) is 11.8. The fraction of sp³-hybridized carbons (Fsp3) is 0.833. The molecule has 1 unspecified atom stereocenters. The Labute approximate surface area is 92.8 Å². The molecule has 3 heteroatoms. The van der Waals surface area contributed by atoms with Gasteiger partial charge in [0.2, 0.25) is 5.91 Å². The molecule has 0 spiro atoms. The second-order valence-electron chi connectivity index (χ2n) is 4.07. The number of aldehydes is 1. The van der Waals surface area contributed by atoms with Crippen LogP contribution in [-0.4, -0.2) is 29.7 Å². The molecule has 0 aliphatic carbocycles. The number of hydrogen-bond donors (Lipinski definition) is 0. The van der Waals surface area contributed by atoms with Crippen molar-refractivity contribution >= 4 is 12.2 Å². The molecule has 1 amide bonds. The molecule has 1 aliphatic rings. The van der Waals surface area contributed by atoms with Crippen LogP contribution >= 0.6 is 0 Å². The number of hydrogen-bond acceptors (Lipinski definition) is 2. The lowest BCUT2D eigenvalue weighted by Crippen LogP contribution is -2.37. The van der Waals surface area contributed by atoms with Gasteiger partial charge in [0.15, 0.2) is 0 Å². The summed E-state index contributed by atoms with van der Waals surface area (Å²) < 4.78 is 0. The van der Waals surface area contributed by atoms with Crippen LogP contribution in [0.2, 0.25) is 0 Å². The lowest BCUT2D eigenvalue weighted by molar-refractivity contribution is -0.135. The number of carbonyl (C=O) groups excluding carboxylic acids is 2. The molecule has 0 saturated carbocycles. The van der Waals surface area contributed by atoms with E-state index in [0.717, 1.165) is 19.3 Å². The molecule has 0 bridgehead atoms. The van der Waals surface area contributed by atoms with Crippen LogP contribution in [0.5, 0.6) is 0 Å². The van der Waals surface area contributed by atoms with E-state index in [1.54, 1.807) is 0 Å². The van der Waals surface area contributed by atoms with Crippen molar-refractivity contribution in [2.24, 2.45) is 5.92 Å². The van der Waals surface area contributed by atoms with Crippen molar-refractivity contribution in [1.82, 2.24) is 4.90 Å². The summed E-state index contributed by atoms with van der Waals surface area (Å²) in [6, 6.07) is 0.478. The van der Waals surface area contributed by atoms with Crippen molar-refractivity contribution in [3.05, 3.63) is 0 Å². The molecule has 0 N–H and O–H groups in total. The first-order valence-electron chi connectivity index (χ1n) is 5.78. The second-order valence-corrected chi connectivity index (χ2v) is 4.07. The maximum atomic E-state index is 11.7. The predicted octanol–water partition coefficient (Wildman–Crippen LogP) is 2.25. The van der Waals surface area contributed by atoms with E-state index in [4.69, 9.17) is 4.79 Å². The SMILES string of the molecule is CC=O.CCC(C)C(=O)N1CCC[C@H]1C. The van der Waals surface area contributed by atoms with Crippen molar-refractivity contribution < 1.29 is 9.59 Å². The molecule has 0 aromatic rings. The van der Waals surface area contributed by atoms with Gasteiger partial charge >= 0.3 is 0 Å². The quantitative estimate of drug-likeness (QED) is 0.660. The highest BCUT2D eigenvalue weighted by molar-refractivity contribution is 5.78. The van der Waals surface area contributed by atoms with Crippen LogP contribution in [0.1, 0.15) is 47.0 Å². The van der Waals surface area contributed by atoms with Crippen molar-refractivity contribution in [1.29, 1.82) is 0 Å². The van der Waals surface area contributed by atoms with E-state index in [1.165, 1.54) is 19.8 Å². The third kappa shape index (κ3) is 4.45. The second kappa shape index (κ2) is 7.43.